The first-order chi connectivity index (χ1) is 15.9. The van der Waals surface area contributed by atoms with Crippen LogP contribution in [-0.4, -0.2) is 12.6 Å². The minimum atomic E-state index is -0.146. The molecule has 3 fully saturated rings. The number of carbonyl (C=O) groups is 1. The molecule has 0 N–H and O–H groups in total. The molecule has 3 aliphatic carbocycles. The second kappa shape index (κ2) is 10.5. The summed E-state index contributed by atoms with van der Waals surface area (Å²) < 4.78 is 5.33. The molecular formula is C32H54O2. The molecule has 0 bridgehead atoms. The van der Waals surface area contributed by atoms with Gasteiger partial charge >= 0.3 is 5.97 Å². The van der Waals surface area contributed by atoms with Crippen LogP contribution in [-0.2, 0) is 9.53 Å². The highest BCUT2D eigenvalue weighted by atomic mass is 16.5. The zero-order chi connectivity index (χ0) is 25.3. The lowest BCUT2D eigenvalue weighted by atomic mass is 9.40. The fourth-order valence-electron chi connectivity index (χ4n) is 9.25. The number of esters is 1. The summed E-state index contributed by atoms with van der Waals surface area (Å²) in [5.41, 5.74) is 5.99. The van der Waals surface area contributed by atoms with Crippen LogP contribution in [0, 0.1) is 39.9 Å². The molecular weight excluding hydrogens is 416 g/mol. The predicted octanol–water partition coefficient (Wildman–Crippen LogP) is 9.30. The lowest BCUT2D eigenvalue weighted by Crippen LogP contribution is -2.57. The summed E-state index contributed by atoms with van der Waals surface area (Å²) in [6, 6.07) is 0. The first kappa shape index (κ1) is 27.5. The predicted molar refractivity (Wildman–Crippen MR) is 145 cm³/mol. The maximum absolute atomic E-state index is 11.3. The average Bonchev–Trinajstić information content (AvgIpc) is 3.02. The van der Waals surface area contributed by atoms with Crippen LogP contribution in [0.2, 0.25) is 0 Å². The Morgan fingerprint density at radius 3 is 2.35 bits per heavy atom. The molecule has 0 saturated heterocycles. The van der Waals surface area contributed by atoms with E-state index in [1.54, 1.807) is 5.57 Å². The second-order valence-corrected chi connectivity index (χ2v) is 13.5. The highest BCUT2D eigenvalue weighted by Crippen LogP contribution is 2.74. The van der Waals surface area contributed by atoms with E-state index in [1.165, 1.54) is 69.4 Å². The Balaban J connectivity index is 1.84. The van der Waals surface area contributed by atoms with E-state index in [2.05, 4.69) is 61.5 Å². The molecule has 7 atom stereocenters. The minimum Gasteiger partial charge on any atom is -0.466 e. The number of ether oxygens (including phenoxy) is 1. The van der Waals surface area contributed by atoms with E-state index >= 15 is 0 Å². The number of fused-ring (bicyclic) bond motifs is 3. The summed E-state index contributed by atoms with van der Waals surface area (Å²) in [7, 11) is 0. The lowest BCUT2D eigenvalue weighted by Gasteiger charge is -2.65. The molecule has 0 aromatic carbocycles. The van der Waals surface area contributed by atoms with Crippen LogP contribution in [0.15, 0.2) is 22.8 Å². The molecule has 3 rings (SSSR count). The van der Waals surface area contributed by atoms with Crippen LogP contribution in [0.4, 0.5) is 0 Å². The van der Waals surface area contributed by atoms with Crippen molar-refractivity contribution >= 4 is 5.97 Å². The van der Waals surface area contributed by atoms with Gasteiger partial charge in [0.25, 0.3) is 0 Å². The standard InChI is InChI=1S/C32H54O2/c1-22(2)12-10-13-24(5)27-17-18-32(9)29-16-15-26(23(3)4)28(14-11-21-34-25(6)33)30(29,7)19-20-31(27,32)8/h12,24,27-29H,10-11,13-21H2,1-9H3/t24-,27+,28-,29+,30+,31+,32-/m1/s1. The molecule has 2 heteroatoms. The van der Waals surface area contributed by atoms with Crippen molar-refractivity contribution in [3.05, 3.63) is 22.8 Å². The first-order valence-electron chi connectivity index (χ1n) is 14.3. The van der Waals surface area contributed by atoms with E-state index in [4.69, 9.17) is 4.74 Å². The highest BCUT2D eigenvalue weighted by molar-refractivity contribution is 5.65. The van der Waals surface area contributed by atoms with E-state index in [9.17, 15) is 4.79 Å². The number of carbonyl (C=O) groups excluding carboxylic acids is 1. The van der Waals surface area contributed by atoms with Crippen molar-refractivity contribution in [1.29, 1.82) is 0 Å². The average molecular weight is 471 g/mol. The van der Waals surface area contributed by atoms with Crippen LogP contribution in [0.5, 0.6) is 0 Å². The SMILES string of the molecule is CC(=O)OCCC[C@@H]1C(=C(C)C)CC[C@H]2[C@@]1(C)CC[C@@]1(C)[C@H]([C@H](C)CCC=C(C)C)CC[C@]21C. The Morgan fingerprint density at radius 1 is 1.03 bits per heavy atom. The van der Waals surface area contributed by atoms with Crippen LogP contribution in [0.3, 0.4) is 0 Å². The van der Waals surface area contributed by atoms with Crippen molar-refractivity contribution in [2.24, 2.45) is 39.9 Å². The molecule has 3 saturated carbocycles. The summed E-state index contributed by atoms with van der Waals surface area (Å²) in [6.45, 7) is 21.8. The third kappa shape index (κ3) is 4.94. The topological polar surface area (TPSA) is 26.3 Å². The summed E-state index contributed by atoms with van der Waals surface area (Å²) in [5.74, 6) is 2.97. The lowest BCUT2D eigenvalue weighted by molar-refractivity contribution is -0.146. The van der Waals surface area contributed by atoms with E-state index in [0.29, 0.717) is 28.8 Å². The van der Waals surface area contributed by atoms with Crippen LogP contribution in [0.1, 0.15) is 127 Å². The zero-order valence-corrected chi connectivity index (χ0v) is 24.0. The van der Waals surface area contributed by atoms with Gasteiger partial charge in [-0.05, 0) is 132 Å². The highest BCUT2D eigenvalue weighted by Gasteiger charge is 2.66. The van der Waals surface area contributed by atoms with Crippen LogP contribution < -0.4 is 0 Å². The van der Waals surface area contributed by atoms with Gasteiger partial charge in [0.05, 0.1) is 6.61 Å². The minimum absolute atomic E-state index is 0.146. The number of hydrogen-bond donors (Lipinski definition) is 0. The van der Waals surface area contributed by atoms with Gasteiger partial charge in [-0.2, -0.15) is 0 Å². The van der Waals surface area contributed by atoms with Gasteiger partial charge in [-0.1, -0.05) is 50.5 Å². The third-order valence-electron chi connectivity index (χ3n) is 11.2. The molecule has 0 amide bonds. The van der Waals surface area contributed by atoms with Crippen molar-refractivity contribution in [2.75, 3.05) is 6.61 Å². The maximum atomic E-state index is 11.3. The molecule has 194 valence electrons. The Morgan fingerprint density at radius 2 is 1.74 bits per heavy atom. The van der Waals surface area contributed by atoms with Crippen molar-refractivity contribution in [2.45, 2.75) is 127 Å². The summed E-state index contributed by atoms with van der Waals surface area (Å²) >= 11 is 0. The fourth-order valence-corrected chi connectivity index (χ4v) is 9.25. The normalized spacial score (nSPS) is 38.0. The largest absolute Gasteiger partial charge is 0.466 e. The Bertz CT molecular complexity index is 798. The number of hydrogen-bond acceptors (Lipinski definition) is 2. The summed E-state index contributed by atoms with van der Waals surface area (Å²) in [5, 5.41) is 0. The van der Waals surface area contributed by atoms with Gasteiger partial charge in [-0.3, -0.25) is 4.79 Å². The molecule has 0 radical (unpaired) electrons. The molecule has 0 spiro atoms. The first-order valence-corrected chi connectivity index (χ1v) is 14.3. The Kier molecular flexibility index (Phi) is 8.52. The summed E-state index contributed by atoms with van der Waals surface area (Å²) in [6.07, 6.45) is 15.4. The summed E-state index contributed by atoms with van der Waals surface area (Å²) in [4.78, 5) is 11.3. The van der Waals surface area contributed by atoms with E-state index < -0.39 is 0 Å². The van der Waals surface area contributed by atoms with Gasteiger partial charge in [-0.15, -0.1) is 0 Å². The second-order valence-electron chi connectivity index (χ2n) is 13.5. The quantitative estimate of drug-likeness (QED) is 0.201. The zero-order valence-electron chi connectivity index (χ0n) is 24.0. The van der Waals surface area contributed by atoms with Crippen molar-refractivity contribution in [3.63, 3.8) is 0 Å². The van der Waals surface area contributed by atoms with Gasteiger partial charge in [0.2, 0.25) is 0 Å². The molecule has 0 aromatic heterocycles. The van der Waals surface area contributed by atoms with E-state index in [1.807, 2.05) is 0 Å². The van der Waals surface area contributed by atoms with Crippen LogP contribution in [0.25, 0.3) is 0 Å². The molecule has 34 heavy (non-hydrogen) atoms. The monoisotopic (exact) mass is 470 g/mol. The smallest absolute Gasteiger partial charge is 0.302 e. The van der Waals surface area contributed by atoms with E-state index in [0.717, 1.165) is 30.6 Å². The van der Waals surface area contributed by atoms with Gasteiger partial charge < -0.3 is 4.74 Å². The third-order valence-corrected chi connectivity index (χ3v) is 11.2. The molecule has 0 unspecified atom stereocenters. The molecule has 0 aliphatic heterocycles. The molecule has 0 aromatic rings. The van der Waals surface area contributed by atoms with Crippen molar-refractivity contribution in [3.8, 4) is 0 Å². The van der Waals surface area contributed by atoms with Crippen molar-refractivity contribution < 1.29 is 9.53 Å². The van der Waals surface area contributed by atoms with Gasteiger partial charge in [0.15, 0.2) is 0 Å². The van der Waals surface area contributed by atoms with E-state index in [-0.39, 0.29) is 5.97 Å². The van der Waals surface area contributed by atoms with Gasteiger partial charge in [0.1, 0.15) is 0 Å². The number of allylic oxidation sites excluding steroid dienone is 4. The Labute approximate surface area is 211 Å². The number of rotatable bonds is 8. The Hall–Kier alpha value is -1.05. The fraction of sp³-hybridized carbons (Fsp3) is 0.844. The molecule has 0 heterocycles. The molecule has 2 nitrogen and oxygen atoms in total. The van der Waals surface area contributed by atoms with Crippen molar-refractivity contribution in [1.82, 2.24) is 0 Å². The van der Waals surface area contributed by atoms with Crippen LogP contribution >= 0.6 is 0 Å². The van der Waals surface area contributed by atoms with Gasteiger partial charge in [-0.25, -0.2) is 0 Å². The van der Waals surface area contributed by atoms with Gasteiger partial charge in [0, 0.05) is 6.92 Å². The maximum Gasteiger partial charge on any atom is 0.302 e. The molecule has 3 aliphatic rings.